The molecule has 1 rings (SSSR count). The largest absolute Gasteiger partial charge is 0.478 e. The number of amides is 1. The third-order valence-corrected chi connectivity index (χ3v) is 3.21. The molecule has 0 spiro atoms. The van der Waals surface area contributed by atoms with Gasteiger partial charge in [0.05, 0.1) is 17.4 Å². The Morgan fingerprint density at radius 1 is 1.53 bits per heavy atom. The summed E-state index contributed by atoms with van der Waals surface area (Å²) in [5, 5.41) is 20.2. The highest BCUT2D eigenvalue weighted by atomic mass is 32.2. The summed E-state index contributed by atoms with van der Waals surface area (Å²) in [5.74, 6) is -1.37. The monoisotopic (exact) mass is 279 g/mol. The Hall–Kier alpha value is -2.07. The Kier molecular flexibility index (Phi) is 5.33. The number of aromatic carboxylic acids is 1. The molecular weight excluding hydrogens is 266 g/mol. The van der Waals surface area contributed by atoms with Gasteiger partial charge in [-0.2, -0.15) is 5.26 Å². The lowest BCUT2D eigenvalue weighted by molar-refractivity contribution is -0.118. The van der Waals surface area contributed by atoms with E-state index in [-0.39, 0.29) is 23.8 Å². The van der Waals surface area contributed by atoms with Crippen LogP contribution in [0.4, 0.5) is 0 Å². The molecule has 0 bridgehead atoms. The summed E-state index contributed by atoms with van der Waals surface area (Å²) >= 11 is 1.05. The first-order valence-electron chi connectivity index (χ1n) is 5.43. The first-order chi connectivity index (χ1) is 8.95. The number of aromatic nitrogens is 1. The van der Waals surface area contributed by atoms with Crippen molar-refractivity contribution in [3.63, 3.8) is 0 Å². The zero-order valence-corrected chi connectivity index (χ0v) is 11.4. The maximum Gasteiger partial charge on any atom is 0.338 e. The van der Waals surface area contributed by atoms with Crippen LogP contribution in [-0.2, 0) is 4.79 Å². The van der Waals surface area contributed by atoms with Crippen LogP contribution >= 0.6 is 11.8 Å². The molecule has 0 atom stereocenters. The number of thioether (sulfide) groups is 1. The van der Waals surface area contributed by atoms with Crippen LogP contribution in [0.3, 0.4) is 0 Å². The van der Waals surface area contributed by atoms with Gasteiger partial charge in [0.2, 0.25) is 5.91 Å². The highest BCUT2D eigenvalue weighted by Crippen LogP contribution is 2.24. The maximum atomic E-state index is 11.4. The topological polar surface area (TPSA) is 103 Å². The lowest BCUT2D eigenvalue weighted by atomic mass is 10.1. The molecule has 6 nitrogen and oxygen atoms in total. The number of pyridine rings is 1. The van der Waals surface area contributed by atoms with Gasteiger partial charge in [-0.15, -0.1) is 0 Å². The van der Waals surface area contributed by atoms with Gasteiger partial charge in [-0.05, 0) is 25.5 Å². The third-order valence-electron chi connectivity index (χ3n) is 2.23. The predicted molar refractivity (Wildman–Crippen MR) is 70.0 cm³/mol. The number of hydrogen-bond donors (Lipinski definition) is 2. The lowest BCUT2D eigenvalue weighted by Gasteiger charge is -2.09. The van der Waals surface area contributed by atoms with Gasteiger partial charge in [-0.25, -0.2) is 9.78 Å². The summed E-state index contributed by atoms with van der Waals surface area (Å²) in [5.41, 5.74) is 1.42. The Balaban J connectivity index is 2.86. The molecule has 7 heteroatoms. The van der Waals surface area contributed by atoms with E-state index in [0.717, 1.165) is 11.8 Å². The van der Waals surface area contributed by atoms with Gasteiger partial charge < -0.3 is 10.4 Å². The van der Waals surface area contributed by atoms with E-state index < -0.39 is 5.97 Å². The Morgan fingerprint density at radius 2 is 2.21 bits per heavy atom. The third kappa shape index (κ3) is 4.26. The Morgan fingerprint density at radius 3 is 2.79 bits per heavy atom. The highest BCUT2D eigenvalue weighted by Gasteiger charge is 2.17. The van der Waals surface area contributed by atoms with Crippen LogP contribution in [0.25, 0.3) is 0 Å². The molecule has 1 aromatic heterocycles. The van der Waals surface area contributed by atoms with E-state index in [1.807, 2.05) is 0 Å². The molecule has 100 valence electrons. The van der Waals surface area contributed by atoms with E-state index in [1.54, 1.807) is 26.0 Å². The van der Waals surface area contributed by atoms with Crippen molar-refractivity contribution in [3.8, 4) is 6.07 Å². The molecule has 0 aliphatic heterocycles. The van der Waals surface area contributed by atoms with Crippen molar-refractivity contribution in [2.45, 2.75) is 18.9 Å². The van der Waals surface area contributed by atoms with E-state index in [2.05, 4.69) is 10.3 Å². The molecule has 0 fully saturated rings. The smallest absolute Gasteiger partial charge is 0.338 e. The molecule has 1 amide bonds. The lowest BCUT2D eigenvalue weighted by Crippen LogP contribution is -2.25. The average molecular weight is 279 g/mol. The SMILES string of the molecule is Cc1cc(C)c(C(=O)O)c(SCC(=O)NCC#N)n1. The molecule has 0 radical (unpaired) electrons. The van der Waals surface area contributed by atoms with Gasteiger partial charge >= 0.3 is 5.97 Å². The summed E-state index contributed by atoms with van der Waals surface area (Å²) in [7, 11) is 0. The second-order valence-electron chi connectivity index (χ2n) is 3.79. The number of nitriles is 1. The fraction of sp³-hybridized carbons (Fsp3) is 0.333. The molecule has 1 aromatic rings. The fourth-order valence-electron chi connectivity index (χ4n) is 1.49. The van der Waals surface area contributed by atoms with Gasteiger partial charge in [-0.3, -0.25) is 4.79 Å². The number of carboxylic acid groups (broad SMARTS) is 1. The second-order valence-corrected chi connectivity index (χ2v) is 4.75. The zero-order valence-electron chi connectivity index (χ0n) is 10.6. The van der Waals surface area contributed by atoms with Gasteiger partial charge in [-0.1, -0.05) is 11.8 Å². The number of carboxylic acids is 1. The summed E-state index contributed by atoms with van der Waals surface area (Å²) in [6, 6.07) is 3.48. The van der Waals surface area contributed by atoms with Gasteiger partial charge in [0.15, 0.2) is 0 Å². The first kappa shape index (κ1) is 15.0. The Bertz CT molecular complexity index is 552. The number of carbonyl (C=O) groups excluding carboxylic acids is 1. The average Bonchev–Trinajstić information content (AvgIpc) is 2.32. The summed E-state index contributed by atoms with van der Waals surface area (Å²) < 4.78 is 0. The van der Waals surface area contributed by atoms with Crippen LogP contribution in [0.5, 0.6) is 0 Å². The van der Waals surface area contributed by atoms with Crippen LogP contribution in [0.1, 0.15) is 21.6 Å². The molecule has 0 aliphatic rings. The van der Waals surface area contributed by atoms with Gasteiger partial charge in [0, 0.05) is 5.69 Å². The van der Waals surface area contributed by atoms with Crippen molar-refractivity contribution in [1.82, 2.24) is 10.3 Å². The number of aryl methyl sites for hydroxylation is 2. The second kappa shape index (κ2) is 6.75. The van der Waals surface area contributed by atoms with E-state index in [4.69, 9.17) is 10.4 Å². The normalized spacial score (nSPS) is 9.74. The highest BCUT2D eigenvalue weighted by molar-refractivity contribution is 8.00. The van der Waals surface area contributed by atoms with E-state index >= 15 is 0 Å². The van der Waals surface area contributed by atoms with E-state index in [0.29, 0.717) is 16.3 Å². The molecule has 0 saturated heterocycles. The summed E-state index contributed by atoms with van der Waals surface area (Å²) in [6.07, 6.45) is 0. The molecule has 0 aromatic carbocycles. The predicted octanol–water partition coefficient (Wildman–Crippen LogP) is 1.13. The minimum Gasteiger partial charge on any atom is -0.478 e. The molecule has 1 heterocycles. The number of carbonyl (C=O) groups is 2. The minimum absolute atomic E-state index is 0.0256. The molecule has 0 unspecified atom stereocenters. The van der Waals surface area contributed by atoms with Gasteiger partial charge in [0.25, 0.3) is 0 Å². The van der Waals surface area contributed by atoms with E-state index in [9.17, 15) is 9.59 Å². The first-order valence-corrected chi connectivity index (χ1v) is 6.42. The fourth-order valence-corrected chi connectivity index (χ4v) is 2.46. The summed E-state index contributed by atoms with van der Waals surface area (Å²) in [6.45, 7) is 3.39. The van der Waals surface area contributed by atoms with Crippen molar-refractivity contribution in [2.75, 3.05) is 12.3 Å². The maximum absolute atomic E-state index is 11.4. The van der Waals surface area contributed by atoms with Crippen LogP contribution < -0.4 is 5.32 Å². The van der Waals surface area contributed by atoms with Crippen molar-refractivity contribution < 1.29 is 14.7 Å². The molecular formula is C12H13N3O3S. The summed E-state index contributed by atoms with van der Waals surface area (Å²) in [4.78, 5) is 26.7. The number of nitrogens with one attached hydrogen (secondary N) is 1. The van der Waals surface area contributed by atoms with Crippen molar-refractivity contribution in [2.24, 2.45) is 0 Å². The van der Waals surface area contributed by atoms with Crippen molar-refractivity contribution >= 4 is 23.6 Å². The number of rotatable bonds is 5. The molecule has 19 heavy (non-hydrogen) atoms. The zero-order chi connectivity index (χ0) is 14.4. The van der Waals surface area contributed by atoms with Crippen LogP contribution in [0, 0.1) is 25.2 Å². The minimum atomic E-state index is -1.06. The number of hydrogen-bond acceptors (Lipinski definition) is 5. The van der Waals surface area contributed by atoms with Crippen molar-refractivity contribution in [1.29, 1.82) is 5.26 Å². The van der Waals surface area contributed by atoms with E-state index in [1.165, 1.54) is 0 Å². The molecule has 0 aliphatic carbocycles. The Labute approximate surface area is 114 Å². The number of nitrogens with zero attached hydrogens (tertiary/aromatic N) is 2. The molecule has 0 saturated carbocycles. The molecule has 2 N–H and O–H groups in total. The van der Waals surface area contributed by atoms with Crippen LogP contribution in [0.2, 0.25) is 0 Å². The van der Waals surface area contributed by atoms with Crippen LogP contribution in [-0.4, -0.2) is 34.3 Å². The standard InChI is InChI=1S/C12H13N3O3S/c1-7-5-8(2)15-11(10(7)12(17)18)19-6-9(16)14-4-3-13/h5H,4,6H2,1-2H3,(H,14,16)(H,17,18). The van der Waals surface area contributed by atoms with Gasteiger partial charge in [0.1, 0.15) is 11.6 Å². The quantitative estimate of drug-likeness (QED) is 0.618. The van der Waals surface area contributed by atoms with Crippen LogP contribution in [0.15, 0.2) is 11.1 Å². The van der Waals surface area contributed by atoms with Crippen molar-refractivity contribution in [3.05, 3.63) is 22.9 Å².